The molecule has 112 valence electrons. The van der Waals surface area contributed by atoms with Gasteiger partial charge in [-0.1, -0.05) is 46.8 Å². The third-order valence-electron chi connectivity index (χ3n) is 2.49. The fourth-order valence-corrected chi connectivity index (χ4v) is 2.90. The molecule has 2 aromatic carbocycles. The minimum Gasteiger partial charge on any atom is -0.491 e. The van der Waals surface area contributed by atoms with Crippen LogP contribution in [0, 0.1) is 0 Å². The molecule has 0 heterocycles. The lowest BCUT2D eigenvalue weighted by atomic mass is 10.3. The highest BCUT2D eigenvalue weighted by atomic mass is 35.5. The fraction of sp³-hybridized carbons (Fsp3) is 0.143. The van der Waals surface area contributed by atoms with Crippen molar-refractivity contribution in [1.29, 1.82) is 0 Å². The monoisotopic (exact) mass is 327 g/mol. The zero-order valence-electron chi connectivity index (χ0n) is 11.0. The van der Waals surface area contributed by atoms with Gasteiger partial charge < -0.3 is 4.74 Å². The molecule has 0 aliphatic heterocycles. The van der Waals surface area contributed by atoms with Crippen LogP contribution in [0.1, 0.15) is 0 Å². The first-order valence-electron chi connectivity index (χ1n) is 6.15. The molecule has 0 unspecified atom stereocenters. The maximum atomic E-state index is 11.9. The van der Waals surface area contributed by atoms with Gasteiger partial charge >= 0.3 is 0 Å². The van der Waals surface area contributed by atoms with E-state index in [2.05, 4.69) is 0 Å². The van der Waals surface area contributed by atoms with E-state index in [9.17, 15) is 8.42 Å². The molecular formula is C14H14ClNO4S. The van der Waals surface area contributed by atoms with E-state index in [-0.39, 0.29) is 23.1 Å². The van der Waals surface area contributed by atoms with Crippen molar-refractivity contribution < 1.29 is 18.0 Å². The number of sulfonamides is 1. The Morgan fingerprint density at radius 3 is 2.33 bits per heavy atom. The van der Waals surface area contributed by atoms with E-state index in [4.69, 9.17) is 21.2 Å². The largest absolute Gasteiger partial charge is 0.491 e. The summed E-state index contributed by atoms with van der Waals surface area (Å²) in [5.41, 5.74) is 0. The number of para-hydroxylation sites is 1. The standard InChI is InChI=1S/C14H14ClNO4S/c15-13-8-4-5-9-14(13)21(17,18)16-20-11-10-19-12-6-2-1-3-7-12/h1-9,16H,10-11H2. The average Bonchev–Trinajstić information content (AvgIpc) is 2.48. The van der Waals surface area contributed by atoms with Gasteiger partial charge in [-0.3, -0.25) is 4.84 Å². The van der Waals surface area contributed by atoms with Crippen LogP contribution in [0.4, 0.5) is 0 Å². The minimum atomic E-state index is -3.80. The zero-order valence-corrected chi connectivity index (χ0v) is 12.6. The molecule has 0 aliphatic carbocycles. The van der Waals surface area contributed by atoms with E-state index in [1.165, 1.54) is 12.1 Å². The predicted octanol–water partition coefficient (Wildman–Crippen LogP) is 2.63. The summed E-state index contributed by atoms with van der Waals surface area (Å²) in [4.78, 5) is 6.89. The molecule has 2 aromatic rings. The van der Waals surface area contributed by atoms with Gasteiger partial charge in [0.25, 0.3) is 10.0 Å². The molecule has 0 aliphatic rings. The second kappa shape index (κ2) is 7.42. The van der Waals surface area contributed by atoms with Crippen molar-refractivity contribution >= 4 is 21.6 Å². The van der Waals surface area contributed by atoms with Crippen molar-refractivity contribution in [2.24, 2.45) is 0 Å². The summed E-state index contributed by atoms with van der Waals surface area (Å²) in [7, 11) is -3.80. The van der Waals surface area contributed by atoms with Gasteiger partial charge in [0.15, 0.2) is 0 Å². The Labute approximate surface area is 128 Å². The van der Waals surface area contributed by atoms with Gasteiger partial charge in [0.1, 0.15) is 23.9 Å². The summed E-state index contributed by atoms with van der Waals surface area (Å²) in [6, 6.07) is 15.3. The van der Waals surface area contributed by atoms with Gasteiger partial charge in [0.2, 0.25) is 0 Å². The first kappa shape index (κ1) is 15.8. The smallest absolute Gasteiger partial charge is 0.263 e. The van der Waals surface area contributed by atoms with Crippen LogP contribution in [0.25, 0.3) is 0 Å². The first-order chi connectivity index (χ1) is 10.1. The zero-order chi connectivity index (χ0) is 15.1. The SMILES string of the molecule is O=S(=O)(NOCCOc1ccccc1)c1ccccc1Cl. The van der Waals surface area contributed by atoms with Crippen molar-refractivity contribution in [2.45, 2.75) is 4.90 Å². The van der Waals surface area contributed by atoms with Gasteiger partial charge in [-0.15, -0.1) is 0 Å². The Morgan fingerprint density at radius 1 is 0.952 bits per heavy atom. The van der Waals surface area contributed by atoms with E-state index < -0.39 is 10.0 Å². The number of hydrogen-bond acceptors (Lipinski definition) is 4. The quantitative estimate of drug-likeness (QED) is 0.627. The second-order valence-electron chi connectivity index (χ2n) is 4.03. The molecule has 0 radical (unpaired) electrons. The van der Waals surface area contributed by atoms with E-state index in [1.54, 1.807) is 24.3 Å². The van der Waals surface area contributed by atoms with Crippen LogP contribution in [0.5, 0.6) is 5.75 Å². The van der Waals surface area contributed by atoms with Crippen molar-refractivity contribution in [2.75, 3.05) is 13.2 Å². The van der Waals surface area contributed by atoms with E-state index in [0.717, 1.165) is 0 Å². The minimum absolute atomic E-state index is 0.0318. The average molecular weight is 328 g/mol. The summed E-state index contributed by atoms with van der Waals surface area (Å²) >= 11 is 5.83. The Morgan fingerprint density at radius 2 is 1.62 bits per heavy atom. The molecular weight excluding hydrogens is 314 g/mol. The molecule has 0 fully saturated rings. The van der Waals surface area contributed by atoms with Crippen LogP contribution in [-0.4, -0.2) is 21.6 Å². The number of hydrogen-bond donors (Lipinski definition) is 1. The van der Waals surface area contributed by atoms with Crippen molar-refractivity contribution in [3.8, 4) is 5.75 Å². The highest BCUT2D eigenvalue weighted by Crippen LogP contribution is 2.19. The van der Waals surface area contributed by atoms with Gasteiger partial charge in [-0.25, -0.2) is 8.42 Å². The first-order valence-corrected chi connectivity index (χ1v) is 8.02. The number of rotatable bonds is 7. The number of benzene rings is 2. The lowest BCUT2D eigenvalue weighted by molar-refractivity contribution is 0.0665. The topological polar surface area (TPSA) is 64.6 Å². The summed E-state index contributed by atoms with van der Waals surface area (Å²) in [6.07, 6.45) is 0. The molecule has 7 heteroatoms. The molecule has 5 nitrogen and oxygen atoms in total. The van der Waals surface area contributed by atoms with Crippen LogP contribution in [0.15, 0.2) is 59.5 Å². The predicted molar refractivity (Wildman–Crippen MR) is 79.7 cm³/mol. The van der Waals surface area contributed by atoms with Gasteiger partial charge in [-0.2, -0.15) is 0 Å². The summed E-state index contributed by atoms with van der Waals surface area (Å²) in [6.45, 7) is 0.285. The number of ether oxygens (including phenoxy) is 1. The van der Waals surface area contributed by atoms with Gasteiger partial charge in [-0.05, 0) is 24.3 Å². The molecule has 21 heavy (non-hydrogen) atoms. The lowest BCUT2D eigenvalue weighted by Crippen LogP contribution is -2.26. The molecule has 2 rings (SSSR count). The molecule has 0 amide bonds. The Kier molecular flexibility index (Phi) is 5.58. The molecule has 0 saturated heterocycles. The van der Waals surface area contributed by atoms with Crippen molar-refractivity contribution in [3.63, 3.8) is 0 Å². The molecule has 0 aromatic heterocycles. The Hall–Kier alpha value is -1.60. The third kappa shape index (κ3) is 4.71. The highest BCUT2D eigenvalue weighted by Gasteiger charge is 2.17. The van der Waals surface area contributed by atoms with Crippen LogP contribution in [0.2, 0.25) is 5.02 Å². The maximum absolute atomic E-state index is 11.9. The number of halogens is 1. The van der Waals surface area contributed by atoms with Crippen LogP contribution in [-0.2, 0) is 14.9 Å². The van der Waals surface area contributed by atoms with E-state index in [0.29, 0.717) is 5.75 Å². The fourth-order valence-electron chi connectivity index (χ4n) is 1.54. The van der Waals surface area contributed by atoms with Crippen molar-refractivity contribution in [1.82, 2.24) is 4.89 Å². The van der Waals surface area contributed by atoms with Crippen LogP contribution < -0.4 is 9.62 Å². The van der Waals surface area contributed by atoms with E-state index in [1.807, 2.05) is 23.1 Å². The summed E-state index contributed by atoms with van der Waals surface area (Å²) in [5, 5.41) is 0.133. The van der Waals surface area contributed by atoms with Gasteiger partial charge in [0.05, 0.1) is 5.02 Å². The van der Waals surface area contributed by atoms with E-state index >= 15 is 0 Å². The Balaban J connectivity index is 1.79. The Bertz CT molecular complexity index is 676. The van der Waals surface area contributed by atoms with Crippen molar-refractivity contribution in [3.05, 3.63) is 59.6 Å². The molecule has 0 saturated carbocycles. The molecule has 1 N–H and O–H groups in total. The summed E-state index contributed by atoms with van der Waals surface area (Å²) in [5.74, 6) is 0.690. The third-order valence-corrected chi connectivity index (χ3v) is 4.21. The normalized spacial score (nSPS) is 11.3. The molecule has 0 spiro atoms. The molecule has 0 atom stereocenters. The van der Waals surface area contributed by atoms with Gasteiger partial charge in [0, 0.05) is 0 Å². The van der Waals surface area contributed by atoms with Crippen LogP contribution >= 0.6 is 11.6 Å². The maximum Gasteiger partial charge on any atom is 0.263 e. The second-order valence-corrected chi connectivity index (χ2v) is 6.05. The lowest BCUT2D eigenvalue weighted by Gasteiger charge is -2.09. The van der Waals surface area contributed by atoms with Crippen LogP contribution in [0.3, 0.4) is 0 Å². The summed E-state index contributed by atoms with van der Waals surface area (Å²) < 4.78 is 29.2. The highest BCUT2D eigenvalue weighted by molar-refractivity contribution is 7.89. The molecule has 0 bridgehead atoms. The number of nitrogens with one attached hydrogen (secondary N) is 1.